The minimum atomic E-state index is -0.250. The summed E-state index contributed by atoms with van der Waals surface area (Å²) < 4.78 is 5.43. The Hall–Kier alpha value is -1.42. The van der Waals surface area contributed by atoms with Gasteiger partial charge in [0.25, 0.3) is 0 Å². The van der Waals surface area contributed by atoms with Crippen LogP contribution in [0.2, 0.25) is 0 Å². The SMILES string of the molecule is CCOC(=O)Cc1ccc2c(c1)C=C(Br)C2=O. The number of allylic oxidation sites excluding steroid dienone is 1. The van der Waals surface area contributed by atoms with Crippen LogP contribution >= 0.6 is 15.9 Å². The van der Waals surface area contributed by atoms with Crippen molar-refractivity contribution in [2.75, 3.05) is 6.61 Å². The van der Waals surface area contributed by atoms with Gasteiger partial charge in [-0.3, -0.25) is 9.59 Å². The van der Waals surface area contributed by atoms with E-state index in [9.17, 15) is 9.59 Å². The van der Waals surface area contributed by atoms with Gasteiger partial charge >= 0.3 is 5.97 Å². The summed E-state index contributed by atoms with van der Waals surface area (Å²) in [5.41, 5.74) is 2.38. The molecule has 17 heavy (non-hydrogen) atoms. The third-order valence-electron chi connectivity index (χ3n) is 2.51. The van der Waals surface area contributed by atoms with E-state index in [0.717, 1.165) is 11.1 Å². The maximum Gasteiger partial charge on any atom is 0.310 e. The van der Waals surface area contributed by atoms with E-state index in [1.165, 1.54) is 0 Å². The molecular formula is C13H11BrO3. The molecule has 0 amide bonds. The molecule has 0 heterocycles. The molecule has 0 saturated heterocycles. The van der Waals surface area contributed by atoms with E-state index in [0.29, 0.717) is 16.7 Å². The van der Waals surface area contributed by atoms with E-state index in [4.69, 9.17) is 4.74 Å². The zero-order valence-corrected chi connectivity index (χ0v) is 10.9. The third-order valence-corrected chi connectivity index (χ3v) is 3.10. The lowest BCUT2D eigenvalue weighted by atomic mass is 10.0. The second-order valence-corrected chi connectivity index (χ2v) is 4.58. The zero-order chi connectivity index (χ0) is 12.4. The van der Waals surface area contributed by atoms with Gasteiger partial charge in [0.2, 0.25) is 5.78 Å². The van der Waals surface area contributed by atoms with Gasteiger partial charge in [-0.2, -0.15) is 0 Å². The molecule has 0 fully saturated rings. The van der Waals surface area contributed by atoms with Crippen LogP contribution in [-0.4, -0.2) is 18.4 Å². The smallest absolute Gasteiger partial charge is 0.310 e. The van der Waals surface area contributed by atoms with E-state index in [1.807, 2.05) is 6.07 Å². The van der Waals surface area contributed by atoms with Crippen molar-refractivity contribution in [3.05, 3.63) is 39.4 Å². The van der Waals surface area contributed by atoms with E-state index in [2.05, 4.69) is 15.9 Å². The van der Waals surface area contributed by atoms with Gasteiger partial charge < -0.3 is 4.74 Å². The maximum atomic E-state index is 11.6. The van der Waals surface area contributed by atoms with Crippen LogP contribution in [0.4, 0.5) is 0 Å². The molecule has 0 spiro atoms. The molecular weight excluding hydrogens is 284 g/mol. The number of rotatable bonds is 3. The summed E-state index contributed by atoms with van der Waals surface area (Å²) in [5.74, 6) is -0.262. The summed E-state index contributed by atoms with van der Waals surface area (Å²) in [6, 6.07) is 5.38. The highest BCUT2D eigenvalue weighted by Gasteiger charge is 2.20. The fraction of sp³-hybridized carbons (Fsp3) is 0.231. The lowest BCUT2D eigenvalue weighted by Crippen LogP contribution is -2.07. The number of Topliss-reactive ketones (excluding diaryl/α,β-unsaturated/α-hetero) is 1. The maximum absolute atomic E-state index is 11.6. The number of carbonyl (C=O) groups is 2. The first-order valence-electron chi connectivity index (χ1n) is 5.32. The van der Waals surface area contributed by atoms with Crippen molar-refractivity contribution in [2.24, 2.45) is 0 Å². The van der Waals surface area contributed by atoms with E-state index < -0.39 is 0 Å². The summed E-state index contributed by atoms with van der Waals surface area (Å²) in [6.07, 6.45) is 2.01. The molecule has 1 aromatic carbocycles. The van der Waals surface area contributed by atoms with Crippen molar-refractivity contribution in [3.63, 3.8) is 0 Å². The monoisotopic (exact) mass is 294 g/mol. The van der Waals surface area contributed by atoms with Crippen molar-refractivity contribution in [1.82, 2.24) is 0 Å². The average Bonchev–Trinajstić information content (AvgIpc) is 2.55. The first-order valence-corrected chi connectivity index (χ1v) is 6.11. The first-order chi connectivity index (χ1) is 8.11. The van der Waals surface area contributed by atoms with Gasteiger partial charge in [-0.25, -0.2) is 0 Å². The summed E-state index contributed by atoms with van der Waals surface area (Å²) in [4.78, 5) is 23.0. The quantitative estimate of drug-likeness (QED) is 0.805. The fourth-order valence-corrected chi connectivity index (χ4v) is 2.22. The molecule has 0 bridgehead atoms. The van der Waals surface area contributed by atoms with Crippen LogP contribution in [0.3, 0.4) is 0 Å². The second-order valence-electron chi connectivity index (χ2n) is 3.72. The number of hydrogen-bond acceptors (Lipinski definition) is 3. The molecule has 4 heteroatoms. The molecule has 0 radical (unpaired) electrons. The van der Waals surface area contributed by atoms with Crippen LogP contribution in [0.15, 0.2) is 22.7 Å². The first kappa shape index (κ1) is 12.0. The topological polar surface area (TPSA) is 43.4 Å². The Morgan fingerprint density at radius 2 is 2.18 bits per heavy atom. The number of benzene rings is 1. The Kier molecular flexibility index (Phi) is 3.43. The number of esters is 1. The molecule has 0 saturated carbocycles. The minimum Gasteiger partial charge on any atom is -0.466 e. The predicted molar refractivity (Wildman–Crippen MR) is 68.0 cm³/mol. The van der Waals surface area contributed by atoms with Crippen LogP contribution < -0.4 is 0 Å². The second kappa shape index (κ2) is 4.84. The molecule has 1 aliphatic rings. The fourth-order valence-electron chi connectivity index (χ4n) is 1.76. The lowest BCUT2D eigenvalue weighted by Gasteiger charge is -2.04. The van der Waals surface area contributed by atoms with Gasteiger partial charge in [0.15, 0.2) is 0 Å². The number of ether oxygens (including phenoxy) is 1. The standard InChI is InChI=1S/C13H11BrO3/c1-2-17-12(15)6-8-3-4-10-9(5-8)7-11(14)13(10)16/h3-5,7H,2,6H2,1H3. The van der Waals surface area contributed by atoms with Gasteiger partial charge in [-0.05, 0) is 40.1 Å². The highest BCUT2D eigenvalue weighted by atomic mass is 79.9. The lowest BCUT2D eigenvalue weighted by molar-refractivity contribution is -0.142. The Balaban J connectivity index is 2.21. The number of carbonyl (C=O) groups excluding carboxylic acids is 2. The Labute approximate surface area is 108 Å². The molecule has 0 N–H and O–H groups in total. The van der Waals surface area contributed by atoms with Gasteiger partial charge in [-0.15, -0.1) is 0 Å². The Bertz CT molecular complexity index is 517. The van der Waals surface area contributed by atoms with Gasteiger partial charge in [0, 0.05) is 5.56 Å². The van der Waals surface area contributed by atoms with E-state index in [-0.39, 0.29) is 18.2 Å². The zero-order valence-electron chi connectivity index (χ0n) is 9.33. The molecule has 0 aromatic heterocycles. The molecule has 88 valence electrons. The number of halogens is 1. The third kappa shape index (κ3) is 2.47. The van der Waals surface area contributed by atoms with Gasteiger partial charge in [0.1, 0.15) is 0 Å². The van der Waals surface area contributed by atoms with Crippen molar-refractivity contribution < 1.29 is 14.3 Å². The summed E-state index contributed by atoms with van der Waals surface area (Å²) in [7, 11) is 0. The largest absolute Gasteiger partial charge is 0.466 e. The van der Waals surface area contributed by atoms with Crippen LogP contribution in [0.25, 0.3) is 6.08 Å². The summed E-state index contributed by atoms with van der Waals surface area (Å²) in [6.45, 7) is 2.16. The molecule has 1 aromatic rings. The van der Waals surface area contributed by atoms with Crippen LogP contribution in [0, 0.1) is 0 Å². The predicted octanol–water partition coefficient (Wildman–Crippen LogP) is 2.72. The van der Waals surface area contributed by atoms with Crippen molar-refractivity contribution in [2.45, 2.75) is 13.3 Å². The summed E-state index contributed by atoms with van der Waals surface area (Å²) >= 11 is 3.20. The number of fused-ring (bicyclic) bond motifs is 1. The highest BCUT2D eigenvalue weighted by molar-refractivity contribution is 9.12. The normalized spacial score (nSPS) is 13.3. The minimum absolute atomic E-state index is 0.0114. The molecule has 1 aliphatic carbocycles. The van der Waals surface area contributed by atoms with Crippen molar-refractivity contribution >= 4 is 33.8 Å². The Morgan fingerprint density at radius 1 is 1.41 bits per heavy atom. The Morgan fingerprint density at radius 3 is 2.88 bits per heavy atom. The summed E-state index contributed by atoms with van der Waals surface area (Å²) in [5, 5.41) is 0. The average molecular weight is 295 g/mol. The number of ketones is 1. The van der Waals surface area contributed by atoms with Gasteiger partial charge in [0.05, 0.1) is 17.5 Å². The van der Waals surface area contributed by atoms with Crippen molar-refractivity contribution in [1.29, 1.82) is 0 Å². The van der Waals surface area contributed by atoms with E-state index in [1.54, 1.807) is 25.1 Å². The van der Waals surface area contributed by atoms with Crippen LogP contribution in [0.5, 0.6) is 0 Å². The molecule has 2 rings (SSSR count). The number of hydrogen-bond donors (Lipinski definition) is 0. The molecule has 0 unspecified atom stereocenters. The molecule has 3 nitrogen and oxygen atoms in total. The molecule has 0 aliphatic heterocycles. The van der Waals surface area contributed by atoms with E-state index >= 15 is 0 Å². The van der Waals surface area contributed by atoms with Crippen molar-refractivity contribution in [3.8, 4) is 0 Å². The molecule has 0 atom stereocenters. The van der Waals surface area contributed by atoms with Gasteiger partial charge in [-0.1, -0.05) is 18.2 Å². The highest BCUT2D eigenvalue weighted by Crippen LogP contribution is 2.29. The van der Waals surface area contributed by atoms with Crippen LogP contribution in [0.1, 0.15) is 28.4 Å². The van der Waals surface area contributed by atoms with Crippen LogP contribution in [-0.2, 0) is 16.0 Å².